The number of hydrogen-bond acceptors (Lipinski definition) is 4. The van der Waals surface area contributed by atoms with Crippen LogP contribution < -0.4 is 5.32 Å². The lowest BCUT2D eigenvalue weighted by Gasteiger charge is -2.34. The van der Waals surface area contributed by atoms with Gasteiger partial charge in [0.2, 0.25) is 15.9 Å². The molecular weight excluding hydrogens is 448 g/mol. The number of piperidine rings is 1. The summed E-state index contributed by atoms with van der Waals surface area (Å²) in [6, 6.07) is 6.11. The number of nitrogens with zero attached hydrogens (tertiary/aromatic N) is 3. The maximum Gasteiger partial charge on any atom is 0.243 e. The van der Waals surface area contributed by atoms with E-state index in [1.54, 1.807) is 16.4 Å². The number of amides is 1. The number of hydrogen-bond donors (Lipinski definition) is 1. The van der Waals surface area contributed by atoms with E-state index in [4.69, 9.17) is 4.98 Å². The van der Waals surface area contributed by atoms with Gasteiger partial charge < -0.3 is 9.88 Å². The van der Waals surface area contributed by atoms with Crippen molar-refractivity contribution in [3.8, 4) is 0 Å². The lowest BCUT2D eigenvalue weighted by atomic mass is 9.85. The van der Waals surface area contributed by atoms with Crippen molar-refractivity contribution in [1.29, 1.82) is 0 Å². The summed E-state index contributed by atoms with van der Waals surface area (Å²) in [5.74, 6) is 1.47. The lowest BCUT2D eigenvalue weighted by Crippen LogP contribution is -2.47. The van der Waals surface area contributed by atoms with E-state index in [9.17, 15) is 13.2 Å². The molecule has 2 aliphatic carbocycles. The first-order valence-electron chi connectivity index (χ1n) is 13.1. The molecule has 8 heteroatoms. The first kappa shape index (κ1) is 23.8. The lowest BCUT2D eigenvalue weighted by molar-refractivity contribution is -0.127. The highest BCUT2D eigenvalue weighted by molar-refractivity contribution is 7.89. The Labute approximate surface area is 203 Å². The van der Waals surface area contributed by atoms with Crippen molar-refractivity contribution >= 4 is 27.0 Å². The molecule has 5 rings (SSSR count). The van der Waals surface area contributed by atoms with Crippen LogP contribution >= 0.6 is 0 Å². The zero-order valence-corrected chi connectivity index (χ0v) is 21.3. The van der Waals surface area contributed by atoms with E-state index in [1.165, 1.54) is 32.1 Å². The molecule has 1 aliphatic heterocycles. The van der Waals surface area contributed by atoms with Crippen LogP contribution in [0.1, 0.15) is 83.0 Å². The molecule has 1 aromatic carbocycles. The molecule has 34 heavy (non-hydrogen) atoms. The van der Waals surface area contributed by atoms with Crippen molar-refractivity contribution in [2.75, 3.05) is 13.1 Å². The van der Waals surface area contributed by atoms with Crippen LogP contribution in [0, 0.1) is 18.8 Å². The van der Waals surface area contributed by atoms with Crippen LogP contribution in [0.25, 0.3) is 11.0 Å². The SMILES string of the molecule is Cc1nc2cc(S(=O)(=O)N3CCC(C(=O)N[C@@H]4CCCC[C@H]4C)CC3)ccc2n1C1CCCC1. The Kier molecular flexibility index (Phi) is 6.73. The van der Waals surface area contributed by atoms with Gasteiger partial charge >= 0.3 is 0 Å². The standard InChI is InChI=1S/C26H38N4O3S/c1-18-7-3-6-10-23(18)28-26(31)20-13-15-29(16-14-20)34(32,33)22-11-12-25-24(17-22)27-19(2)30(25)21-8-4-5-9-21/h11-12,17-18,20-21,23H,3-10,13-16H2,1-2H3,(H,28,31)/t18-,23-/m1/s1. The molecule has 1 aromatic heterocycles. The first-order chi connectivity index (χ1) is 16.3. The minimum absolute atomic E-state index is 0.102. The average molecular weight is 487 g/mol. The van der Waals surface area contributed by atoms with E-state index in [0.717, 1.165) is 36.1 Å². The van der Waals surface area contributed by atoms with Crippen LogP contribution in [-0.4, -0.2) is 47.3 Å². The molecule has 3 aliphatic rings. The quantitative estimate of drug-likeness (QED) is 0.672. The van der Waals surface area contributed by atoms with Crippen molar-refractivity contribution in [3.05, 3.63) is 24.0 Å². The van der Waals surface area contributed by atoms with Gasteiger partial charge in [0.15, 0.2) is 0 Å². The maximum absolute atomic E-state index is 13.4. The van der Waals surface area contributed by atoms with Gasteiger partial charge in [-0.15, -0.1) is 0 Å². The van der Waals surface area contributed by atoms with Crippen LogP contribution in [0.15, 0.2) is 23.1 Å². The Hall–Kier alpha value is -1.93. The van der Waals surface area contributed by atoms with Gasteiger partial charge in [-0.1, -0.05) is 32.6 Å². The summed E-state index contributed by atoms with van der Waals surface area (Å²) in [5, 5.41) is 3.26. The molecule has 1 amide bonds. The van der Waals surface area contributed by atoms with Crippen LogP contribution in [0.4, 0.5) is 0 Å². The number of aryl methyl sites for hydroxylation is 1. The number of carbonyl (C=O) groups is 1. The molecular formula is C26H38N4O3S. The number of carbonyl (C=O) groups excluding carboxylic acids is 1. The fraction of sp³-hybridized carbons (Fsp3) is 0.692. The third-order valence-corrected chi connectivity index (χ3v) is 10.3. The Morgan fingerprint density at radius 1 is 1.00 bits per heavy atom. The molecule has 2 heterocycles. The monoisotopic (exact) mass is 486 g/mol. The number of aromatic nitrogens is 2. The van der Waals surface area contributed by atoms with Crippen molar-refractivity contribution in [1.82, 2.24) is 19.2 Å². The molecule has 2 aromatic rings. The molecule has 3 fully saturated rings. The molecule has 2 atom stereocenters. The van der Waals surface area contributed by atoms with Crippen LogP contribution in [0.3, 0.4) is 0 Å². The third kappa shape index (κ3) is 4.51. The minimum Gasteiger partial charge on any atom is -0.353 e. The van der Waals surface area contributed by atoms with Crippen molar-refractivity contribution in [2.24, 2.45) is 11.8 Å². The smallest absolute Gasteiger partial charge is 0.243 e. The predicted octanol–water partition coefficient (Wildman–Crippen LogP) is 4.56. The number of fused-ring (bicyclic) bond motifs is 1. The molecule has 2 saturated carbocycles. The normalized spacial score (nSPS) is 25.7. The van der Waals surface area contributed by atoms with Crippen molar-refractivity contribution in [3.63, 3.8) is 0 Å². The molecule has 1 saturated heterocycles. The van der Waals surface area contributed by atoms with Gasteiger partial charge in [0.25, 0.3) is 0 Å². The molecule has 0 spiro atoms. The first-order valence-corrected chi connectivity index (χ1v) is 14.6. The molecule has 186 valence electrons. The second-order valence-electron chi connectivity index (χ2n) is 10.7. The predicted molar refractivity (Wildman–Crippen MR) is 133 cm³/mol. The van der Waals surface area contributed by atoms with Gasteiger partial charge in [0.1, 0.15) is 5.82 Å². The summed E-state index contributed by atoms with van der Waals surface area (Å²) in [7, 11) is -3.61. The van der Waals surface area contributed by atoms with Crippen molar-refractivity contribution in [2.45, 2.75) is 95.0 Å². The fourth-order valence-electron chi connectivity index (χ4n) is 6.32. The number of sulfonamides is 1. The Balaban J connectivity index is 1.26. The average Bonchev–Trinajstić information content (AvgIpc) is 3.46. The Morgan fingerprint density at radius 2 is 1.68 bits per heavy atom. The highest BCUT2D eigenvalue weighted by atomic mass is 32.2. The summed E-state index contributed by atoms with van der Waals surface area (Å²) >= 11 is 0. The van der Waals surface area contributed by atoms with Gasteiger partial charge in [-0.05, 0) is 69.6 Å². The molecule has 0 unspecified atom stereocenters. The molecule has 0 bridgehead atoms. The summed E-state index contributed by atoms with van der Waals surface area (Å²) in [5.41, 5.74) is 1.78. The Morgan fingerprint density at radius 3 is 2.38 bits per heavy atom. The fourth-order valence-corrected chi connectivity index (χ4v) is 7.81. The van der Waals surface area contributed by atoms with Crippen molar-refractivity contribution < 1.29 is 13.2 Å². The highest BCUT2D eigenvalue weighted by Gasteiger charge is 2.34. The van der Waals surface area contributed by atoms with E-state index in [0.29, 0.717) is 42.8 Å². The van der Waals surface area contributed by atoms with Gasteiger partial charge in [-0.2, -0.15) is 4.31 Å². The minimum atomic E-state index is -3.61. The largest absolute Gasteiger partial charge is 0.353 e. The number of rotatable bonds is 5. The number of nitrogens with one attached hydrogen (secondary N) is 1. The topological polar surface area (TPSA) is 84.3 Å². The number of benzene rings is 1. The summed E-state index contributed by atoms with van der Waals surface area (Å²) in [4.78, 5) is 17.8. The van der Waals surface area contributed by atoms with E-state index < -0.39 is 10.0 Å². The van der Waals surface area contributed by atoms with Crippen LogP contribution in [0.2, 0.25) is 0 Å². The Bertz CT molecular complexity index is 1140. The van der Waals surface area contributed by atoms with E-state index >= 15 is 0 Å². The summed E-state index contributed by atoms with van der Waals surface area (Å²) < 4.78 is 30.6. The third-order valence-electron chi connectivity index (χ3n) is 8.43. The molecule has 0 radical (unpaired) electrons. The summed E-state index contributed by atoms with van der Waals surface area (Å²) in [6.45, 7) is 4.99. The molecule has 7 nitrogen and oxygen atoms in total. The second kappa shape index (κ2) is 9.61. The zero-order valence-electron chi connectivity index (χ0n) is 20.5. The van der Waals surface area contributed by atoms with Crippen LogP contribution in [-0.2, 0) is 14.8 Å². The van der Waals surface area contributed by atoms with Crippen LogP contribution in [0.5, 0.6) is 0 Å². The second-order valence-corrected chi connectivity index (χ2v) is 12.6. The number of imidazole rings is 1. The summed E-state index contributed by atoms with van der Waals surface area (Å²) in [6.07, 6.45) is 10.6. The maximum atomic E-state index is 13.4. The zero-order chi connectivity index (χ0) is 23.9. The van der Waals surface area contributed by atoms with E-state index in [2.05, 4.69) is 16.8 Å². The van der Waals surface area contributed by atoms with E-state index in [-0.39, 0.29) is 17.9 Å². The van der Waals surface area contributed by atoms with Gasteiger partial charge in [0.05, 0.1) is 15.9 Å². The molecule has 1 N–H and O–H groups in total. The van der Waals surface area contributed by atoms with Gasteiger partial charge in [-0.25, -0.2) is 13.4 Å². The van der Waals surface area contributed by atoms with Gasteiger partial charge in [-0.3, -0.25) is 4.79 Å². The van der Waals surface area contributed by atoms with E-state index in [1.807, 2.05) is 13.0 Å². The highest BCUT2D eigenvalue weighted by Crippen LogP contribution is 2.34. The van der Waals surface area contributed by atoms with Gasteiger partial charge in [0, 0.05) is 31.1 Å².